The Hall–Kier alpha value is -3.19. The lowest BCUT2D eigenvalue weighted by Crippen LogP contribution is -2.03. The van der Waals surface area contributed by atoms with Gasteiger partial charge >= 0.3 is 0 Å². The van der Waals surface area contributed by atoms with Gasteiger partial charge in [0, 0.05) is 39.6 Å². The number of anilines is 2. The lowest BCUT2D eigenvalue weighted by molar-refractivity contribution is 0.384. The number of benzene rings is 2. The number of nitrogens with one attached hydrogen (secondary N) is 2. The van der Waals surface area contributed by atoms with Crippen LogP contribution in [0.5, 0.6) is 0 Å². The summed E-state index contributed by atoms with van der Waals surface area (Å²) in [5, 5.41) is 16.3. The van der Waals surface area contributed by atoms with Gasteiger partial charge in [-0.05, 0) is 24.3 Å². The lowest BCUT2D eigenvalue weighted by atomic mass is 9.99. The zero-order valence-electron chi connectivity index (χ0n) is 14.9. The second-order valence-electron chi connectivity index (χ2n) is 5.93. The van der Waals surface area contributed by atoms with E-state index >= 15 is 0 Å². The van der Waals surface area contributed by atoms with Crippen molar-refractivity contribution >= 4 is 41.9 Å². The van der Waals surface area contributed by atoms with Crippen LogP contribution >= 0.6 is 24.2 Å². The van der Waals surface area contributed by atoms with Gasteiger partial charge in [0.15, 0.2) is 5.82 Å². The van der Waals surface area contributed by atoms with Crippen LogP contribution in [0, 0.1) is 34.7 Å². The quantitative estimate of drug-likeness (QED) is 0.171. The summed E-state index contributed by atoms with van der Waals surface area (Å²) in [6, 6.07) is 4.60. The Morgan fingerprint density at radius 1 is 1.20 bits per heavy atom. The molecule has 0 bridgehead atoms. The second-order valence-corrected chi connectivity index (χ2v) is 6.79. The standard InChI is InChI=1S/C20H12ClF3N4OS/c21-17-13(22)3-4-15(30)16(17)12-6-14(23)11(18(24)19(12)28-29)2-1-9-5-10(7-25)20(26)27-8-9/h3-8,25,28-30H,(H2,26,27). The summed E-state index contributed by atoms with van der Waals surface area (Å²) in [5.41, 5.74) is 6.22. The minimum absolute atomic E-state index is 0.104. The summed E-state index contributed by atoms with van der Waals surface area (Å²) in [7, 11) is 0. The molecule has 2 aromatic carbocycles. The number of halogens is 4. The maximum absolute atomic E-state index is 15.0. The normalized spacial score (nSPS) is 10.3. The molecule has 1 heterocycles. The van der Waals surface area contributed by atoms with E-state index < -0.39 is 33.7 Å². The molecule has 0 spiro atoms. The van der Waals surface area contributed by atoms with Gasteiger partial charge in [0.2, 0.25) is 0 Å². The lowest BCUT2D eigenvalue weighted by Gasteiger charge is -2.15. The summed E-state index contributed by atoms with van der Waals surface area (Å²) in [5.74, 6) is 1.85. The fourth-order valence-electron chi connectivity index (χ4n) is 2.65. The SMILES string of the molecule is N=Cc1cc(C#Cc2c(F)cc(-c3c(S)ccc(F)c3Cl)c(NO)c2F)cnc1N. The molecule has 0 aliphatic heterocycles. The molecule has 0 amide bonds. The Balaban J connectivity index is 2.18. The molecule has 0 saturated heterocycles. The Bertz CT molecular complexity index is 1240. The Labute approximate surface area is 179 Å². The molecule has 3 rings (SSSR count). The fraction of sp³-hybridized carbons (Fsp3) is 0. The third-order valence-corrected chi connectivity index (χ3v) is 4.85. The van der Waals surface area contributed by atoms with E-state index in [2.05, 4.69) is 29.5 Å². The fourth-order valence-corrected chi connectivity index (χ4v) is 3.29. The molecule has 0 saturated carbocycles. The van der Waals surface area contributed by atoms with Crippen molar-refractivity contribution in [3.8, 4) is 23.0 Å². The van der Waals surface area contributed by atoms with Crippen LogP contribution in [-0.4, -0.2) is 16.4 Å². The monoisotopic (exact) mass is 448 g/mol. The van der Waals surface area contributed by atoms with Crippen molar-refractivity contribution in [2.24, 2.45) is 0 Å². The van der Waals surface area contributed by atoms with Gasteiger partial charge in [-0.2, -0.15) is 0 Å². The van der Waals surface area contributed by atoms with E-state index in [9.17, 15) is 18.4 Å². The molecule has 1 aromatic heterocycles. The van der Waals surface area contributed by atoms with Crippen LogP contribution in [0.1, 0.15) is 16.7 Å². The smallest absolute Gasteiger partial charge is 0.167 e. The van der Waals surface area contributed by atoms with Gasteiger partial charge in [0.25, 0.3) is 0 Å². The highest BCUT2D eigenvalue weighted by atomic mass is 35.5. The maximum Gasteiger partial charge on any atom is 0.167 e. The van der Waals surface area contributed by atoms with Crippen LogP contribution in [-0.2, 0) is 0 Å². The molecule has 3 aromatic rings. The van der Waals surface area contributed by atoms with Crippen LogP contribution < -0.4 is 11.2 Å². The summed E-state index contributed by atoms with van der Waals surface area (Å²) in [6.45, 7) is 0. The average molecular weight is 449 g/mol. The van der Waals surface area contributed by atoms with Gasteiger partial charge in [0.1, 0.15) is 23.1 Å². The first-order valence-corrected chi connectivity index (χ1v) is 8.98. The van der Waals surface area contributed by atoms with E-state index in [0.29, 0.717) is 0 Å². The van der Waals surface area contributed by atoms with Gasteiger partial charge in [-0.15, -0.1) is 12.6 Å². The highest BCUT2D eigenvalue weighted by molar-refractivity contribution is 7.80. The number of aromatic nitrogens is 1. The van der Waals surface area contributed by atoms with Gasteiger partial charge in [-0.3, -0.25) is 10.7 Å². The Kier molecular flexibility index (Phi) is 6.22. The number of hydrogen-bond acceptors (Lipinski definition) is 6. The number of hydrogen-bond donors (Lipinski definition) is 5. The molecule has 30 heavy (non-hydrogen) atoms. The summed E-state index contributed by atoms with van der Waals surface area (Å²) in [4.78, 5) is 3.99. The van der Waals surface area contributed by atoms with Crippen molar-refractivity contribution in [2.45, 2.75) is 4.90 Å². The second kappa shape index (κ2) is 8.67. The van der Waals surface area contributed by atoms with Crippen molar-refractivity contribution in [1.29, 1.82) is 5.41 Å². The van der Waals surface area contributed by atoms with Crippen molar-refractivity contribution in [3.05, 3.63) is 69.6 Å². The predicted octanol–water partition coefficient (Wildman–Crippen LogP) is 4.89. The van der Waals surface area contributed by atoms with Gasteiger partial charge in [0.05, 0.1) is 10.6 Å². The number of nitrogen functional groups attached to an aromatic ring is 1. The van der Waals surface area contributed by atoms with Gasteiger partial charge < -0.3 is 11.1 Å². The molecule has 5 N–H and O–H groups in total. The van der Waals surface area contributed by atoms with Gasteiger partial charge in [-0.1, -0.05) is 23.4 Å². The van der Waals surface area contributed by atoms with Gasteiger partial charge in [-0.25, -0.2) is 18.2 Å². The molecular weight excluding hydrogens is 437 g/mol. The van der Waals surface area contributed by atoms with E-state index in [1.54, 1.807) is 5.48 Å². The topological polar surface area (TPSA) is 95.0 Å². The highest BCUT2D eigenvalue weighted by Crippen LogP contribution is 2.41. The summed E-state index contributed by atoms with van der Waals surface area (Å²) in [6.07, 6.45) is 2.25. The molecule has 10 heteroatoms. The number of pyridine rings is 1. The highest BCUT2D eigenvalue weighted by Gasteiger charge is 2.22. The molecular formula is C20H12ClF3N4OS. The molecule has 0 unspecified atom stereocenters. The van der Waals surface area contributed by atoms with E-state index in [0.717, 1.165) is 18.3 Å². The maximum atomic E-state index is 15.0. The zero-order chi connectivity index (χ0) is 22.0. The first-order chi connectivity index (χ1) is 14.3. The van der Waals surface area contributed by atoms with Crippen LogP contribution in [0.25, 0.3) is 11.1 Å². The number of thiol groups is 1. The van der Waals surface area contributed by atoms with E-state index in [1.165, 1.54) is 18.3 Å². The molecule has 0 aliphatic carbocycles. The van der Waals surface area contributed by atoms with Crippen LogP contribution in [0.2, 0.25) is 5.02 Å². The van der Waals surface area contributed by atoms with Crippen LogP contribution in [0.4, 0.5) is 24.7 Å². The first kappa shape index (κ1) is 21.5. The summed E-state index contributed by atoms with van der Waals surface area (Å²) < 4.78 is 43.5. The largest absolute Gasteiger partial charge is 0.383 e. The first-order valence-electron chi connectivity index (χ1n) is 8.16. The zero-order valence-corrected chi connectivity index (χ0v) is 16.5. The Morgan fingerprint density at radius 3 is 2.60 bits per heavy atom. The molecule has 0 fully saturated rings. The van der Waals surface area contributed by atoms with Crippen molar-refractivity contribution in [1.82, 2.24) is 4.98 Å². The van der Waals surface area contributed by atoms with Crippen LogP contribution in [0.3, 0.4) is 0 Å². The van der Waals surface area contributed by atoms with Crippen molar-refractivity contribution in [3.63, 3.8) is 0 Å². The van der Waals surface area contributed by atoms with E-state index in [4.69, 9.17) is 22.7 Å². The third kappa shape index (κ3) is 3.93. The third-order valence-electron chi connectivity index (χ3n) is 4.11. The summed E-state index contributed by atoms with van der Waals surface area (Å²) >= 11 is 10.1. The van der Waals surface area contributed by atoms with Crippen molar-refractivity contribution < 1.29 is 18.4 Å². The molecule has 152 valence electrons. The minimum atomic E-state index is -1.22. The van der Waals surface area contributed by atoms with Crippen LogP contribution in [0.15, 0.2) is 35.4 Å². The minimum Gasteiger partial charge on any atom is -0.383 e. The molecule has 5 nitrogen and oxygen atoms in total. The number of rotatable bonds is 3. The predicted molar refractivity (Wildman–Crippen MR) is 112 cm³/mol. The number of nitrogens with zero attached hydrogens (tertiary/aromatic N) is 1. The van der Waals surface area contributed by atoms with Crippen molar-refractivity contribution in [2.75, 3.05) is 11.2 Å². The molecule has 0 aliphatic rings. The van der Waals surface area contributed by atoms with E-state index in [1.807, 2.05) is 0 Å². The Morgan fingerprint density at radius 2 is 1.93 bits per heavy atom. The molecule has 0 radical (unpaired) electrons. The van der Waals surface area contributed by atoms with E-state index in [-0.39, 0.29) is 33.0 Å². The molecule has 0 atom stereocenters. The number of nitrogens with two attached hydrogens (primary N) is 1. The average Bonchev–Trinajstić information content (AvgIpc) is 2.72.